The summed E-state index contributed by atoms with van der Waals surface area (Å²) in [6.45, 7) is 10.7. The van der Waals surface area contributed by atoms with E-state index in [2.05, 4.69) is 29.7 Å². The van der Waals surface area contributed by atoms with Crippen LogP contribution in [0.2, 0.25) is 19.0 Å². The molecular weight excluding hydrogens is 619 g/mol. The van der Waals surface area contributed by atoms with Crippen LogP contribution in [0.25, 0.3) is 0 Å². The van der Waals surface area contributed by atoms with Gasteiger partial charge in [-0.2, -0.15) is 0 Å². The highest BCUT2D eigenvalue weighted by Crippen LogP contribution is 2.32. The average molecular weight is 673 g/mol. The van der Waals surface area contributed by atoms with Crippen LogP contribution in [0.4, 0.5) is 0 Å². The van der Waals surface area contributed by atoms with Gasteiger partial charge in [0.05, 0.1) is 17.6 Å². The number of aliphatic imine (C=N–C) groups is 1. The second-order valence-corrected chi connectivity index (χ2v) is 15.7. The zero-order chi connectivity index (χ0) is 32.8. The molecule has 0 fully saturated rings. The van der Waals surface area contributed by atoms with Crippen LogP contribution in [-0.4, -0.2) is 56.5 Å². The van der Waals surface area contributed by atoms with Crippen molar-refractivity contribution in [3.8, 4) is 0 Å². The van der Waals surface area contributed by atoms with Crippen LogP contribution >= 0.6 is 35.3 Å². The van der Waals surface area contributed by atoms with Gasteiger partial charge in [0.2, 0.25) is 5.91 Å². The predicted molar refractivity (Wildman–Crippen MR) is 196 cm³/mol. The van der Waals surface area contributed by atoms with Crippen molar-refractivity contribution in [1.29, 1.82) is 0 Å². The number of nitrogens with one attached hydrogen (secondary N) is 2. The van der Waals surface area contributed by atoms with Crippen LogP contribution < -0.4 is 10.6 Å². The van der Waals surface area contributed by atoms with Gasteiger partial charge in [-0.05, 0) is 44.8 Å². The van der Waals surface area contributed by atoms with Crippen LogP contribution in [0, 0.1) is 11.8 Å². The number of fused-ring (bicyclic) bond motifs is 4. The summed E-state index contributed by atoms with van der Waals surface area (Å²) in [6.07, 6.45) is 16.8. The molecule has 3 unspecified atom stereocenters. The summed E-state index contributed by atoms with van der Waals surface area (Å²) >= 11 is 8.87. The van der Waals surface area contributed by atoms with E-state index in [0.29, 0.717) is 37.1 Å². The van der Waals surface area contributed by atoms with Crippen molar-refractivity contribution >= 4 is 69.5 Å². The molecule has 1 aromatic heterocycles. The predicted octanol–water partition coefficient (Wildman–Crippen LogP) is 7.71. The van der Waals surface area contributed by atoms with Crippen LogP contribution in [0.1, 0.15) is 110 Å². The van der Waals surface area contributed by atoms with Crippen molar-refractivity contribution in [3.05, 3.63) is 28.2 Å². The van der Waals surface area contributed by atoms with E-state index in [-0.39, 0.29) is 30.2 Å². The largest absolute Gasteiger partial charge is 0.374 e. The summed E-state index contributed by atoms with van der Waals surface area (Å²) in [5, 5.41) is 10.1. The Morgan fingerprint density at radius 1 is 1.16 bits per heavy atom. The first-order valence-electron chi connectivity index (χ1n) is 17.0. The molecule has 0 saturated carbocycles. The maximum atomic E-state index is 13.8. The minimum Gasteiger partial charge on any atom is -0.374 e. The van der Waals surface area contributed by atoms with E-state index in [4.69, 9.17) is 22.2 Å². The number of rotatable bonds is 14. The molecule has 1 aromatic rings. The van der Waals surface area contributed by atoms with Gasteiger partial charge < -0.3 is 10.6 Å². The number of aromatic nitrogens is 1. The zero-order valence-corrected chi connectivity index (χ0v) is 30.4. The van der Waals surface area contributed by atoms with Crippen molar-refractivity contribution in [2.24, 2.45) is 16.8 Å². The molecule has 3 atom stereocenters. The Hall–Kier alpha value is -1.85. The third kappa shape index (κ3) is 12.4. The second-order valence-electron chi connectivity index (χ2n) is 13.3. The molecule has 0 saturated heterocycles. The molecule has 11 heteroatoms. The van der Waals surface area contributed by atoms with Gasteiger partial charge in [-0.15, -0.1) is 23.1 Å². The van der Waals surface area contributed by atoms with E-state index >= 15 is 0 Å². The molecule has 0 aliphatic carbocycles. The summed E-state index contributed by atoms with van der Waals surface area (Å²) in [4.78, 5) is 49.7. The number of carbonyl (C=O) groups excluding carboxylic acids is 3. The summed E-state index contributed by atoms with van der Waals surface area (Å²) in [6, 6.07) is -0.574. The van der Waals surface area contributed by atoms with Crippen LogP contribution in [-0.2, 0) is 20.9 Å². The molecule has 2 aliphatic heterocycles. The van der Waals surface area contributed by atoms with Crippen LogP contribution in [0.15, 0.2) is 22.5 Å². The molecule has 0 radical (unpaired) electrons. The van der Waals surface area contributed by atoms with Crippen molar-refractivity contribution in [1.82, 2.24) is 15.6 Å². The summed E-state index contributed by atoms with van der Waals surface area (Å²) < 4.78 is 0. The smallest absolute Gasteiger partial charge is 0.249 e. The monoisotopic (exact) mass is 672 g/mol. The molecule has 2 aliphatic rings. The fourth-order valence-electron chi connectivity index (χ4n) is 5.83. The van der Waals surface area contributed by atoms with E-state index in [9.17, 15) is 14.4 Å². The lowest BCUT2D eigenvalue weighted by atomic mass is 9.40. The molecular formula is C34H53BN4O3S3. The molecule has 1 amide bonds. The Labute approximate surface area is 285 Å². The number of carbonyl (C=O) groups is 3. The fraction of sp³-hybridized carbons (Fsp3) is 0.706. The van der Waals surface area contributed by atoms with E-state index in [0.717, 1.165) is 59.2 Å². The van der Waals surface area contributed by atoms with Gasteiger partial charge in [-0.1, -0.05) is 90.4 Å². The normalized spacial score (nSPS) is 23.3. The molecule has 0 aromatic carbocycles. The van der Waals surface area contributed by atoms with Gasteiger partial charge >= 0.3 is 0 Å². The third-order valence-corrected chi connectivity index (χ3v) is 11.2. The lowest BCUT2D eigenvalue weighted by molar-refractivity contribution is -0.132. The quantitative estimate of drug-likeness (QED) is 0.0904. The highest BCUT2D eigenvalue weighted by atomic mass is 32.2. The maximum absolute atomic E-state index is 13.8. The number of ketones is 2. The first kappa shape index (κ1) is 37.6. The lowest BCUT2D eigenvalue weighted by Gasteiger charge is -2.29. The molecule has 45 heavy (non-hydrogen) atoms. The molecule has 3 heterocycles. The van der Waals surface area contributed by atoms with E-state index < -0.39 is 11.6 Å². The highest BCUT2D eigenvalue weighted by molar-refractivity contribution is 8.14. The summed E-state index contributed by atoms with van der Waals surface area (Å²) in [5.41, 5.74) is -0.156. The number of allylic oxidation sites excluding steroid dienone is 2. The van der Waals surface area contributed by atoms with Gasteiger partial charge in [0.15, 0.2) is 12.5 Å². The standard InChI is InChI=1S/C34H53BN4O3S3/c1-6-7-8-10-13-16-26(40)17-14-11-9-12-15-18-35-19-25(4)31(41)30(24(2)3)38-33(42)34(5)23-45-32(39-34)27-22-44-29(37-27)21-36-28(43)20-35/h12,15,22,24-25,30H,6-11,13-14,16-21,23H2,1-5H3,(H,36,43)(H,38,42). The lowest BCUT2D eigenvalue weighted by Crippen LogP contribution is -2.53. The molecule has 248 valence electrons. The first-order valence-corrected chi connectivity index (χ1v) is 19.2. The molecule has 7 nitrogen and oxygen atoms in total. The van der Waals surface area contributed by atoms with E-state index in [1.165, 1.54) is 37.4 Å². The second kappa shape index (κ2) is 19.1. The number of Topliss-reactive ketones (excluding diaryl/α,β-unsaturated/α-hetero) is 2. The highest BCUT2D eigenvalue weighted by Gasteiger charge is 2.41. The SMILES string of the molecule is CCCCCCCC(=O)CCCCC=CCB1CC(=S)NCc2nc(cs2)C2=NC(C)(CS2)C(=O)NC(C(C)C)C(=O)C(C)C1. The Morgan fingerprint density at radius 3 is 2.62 bits per heavy atom. The zero-order valence-electron chi connectivity index (χ0n) is 28.0. The number of hydrogen-bond donors (Lipinski definition) is 2. The molecule has 2 N–H and O–H groups in total. The number of amides is 1. The Balaban J connectivity index is 1.61. The third-order valence-electron chi connectivity index (χ3n) is 8.71. The van der Waals surface area contributed by atoms with Gasteiger partial charge in [-0.25, -0.2) is 4.98 Å². The Bertz CT molecular complexity index is 1220. The van der Waals surface area contributed by atoms with Crippen molar-refractivity contribution in [3.63, 3.8) is 0 Å². The minimum atomic E-state index is -0.941. The maximum Gasteiger partial charge on any atom is 0.249 e. The summed E-state index contributed by atoms with van der Waals surface area (Å²) in [5.74, 6) is 0.501. The number of thioether (sulfide) groups is 1. The van der Waals surface area contributed by atoms with Crippen molar-refractivity contribution in [2.45, 2.75) is 136 Å². The van der Waals surface area contributed by atoms with E-state index in [1.54, 1.807) is 11.3 Å². The number of thiazole rings is 1. The molecule has 3 rings (SSSR count). The van der Waals surface area contributed by atoms with Gasteiger partial charge in [-0.3, -0.25) is 19.4 Å². The van der Waals surface area contributed by atoms with Crippen molar-refractivity contribution < 1.29 is 14.4 Å². The Morgan fingerprint density at radius 2 is 1.89 bits per heavy atom. The molecule has 4 bridgehead atoms. The minimum absolute atomic E-state index is 0.0396. The topological polar surface area (TPSA) is 101 Å². The number of nitrogens with zero attached hydrogens (tertiary/aromatic N) is 2. The van der Waals surface area contributed by atoms with E-state index in [1.807, 2.05) is 33.1 Å². The first-order chi connectivity index (χ1) is 21.5. The van der Waals surface area contributed by atoms with Crippen molar-refractivity contribution in [2.75, 3.05) is 5.75 Å². The average Bonchev–Trinajstić information content (AvgIpc) is 3.64. The van der Waals surface area contributed by atoms with Gasteiger partial charge in [0.25, 0.3) is 0 Å². The number of hydrogen-bond acceptors (Lipinski definition) is 8. The summed E-state index contributed by atoms with van der Waals surface area (Å²) in [7, 11) is 0. The molecule has 0 spiro atoms. The number of thiocarbonyl (C=S) groups is 1. The van der Waals surface area contributed by atoms with Gasteiger partial charge in [0.1, 0.15) is 27.1 Å². The van der Waals surface area contributed by atoms with Crippen LogP contribution in [0.5, 0.6) is 0 Å². The van der Waals surface area contributed by atoms with Crippen LogP contribution in [0.3, 0.4) is 0 Å². The number of unbranched alkanes of at least 4 members (excludes halogenated alkanes) is 6. The Kier molecular flexibility index (Phi) is 16.0. The fourth-order valence-corrected chi connectivity index (χ4v) is 8.07. The van der Waals surface area contributed by atoms with Gasteiger partial charge in [0, 0.05) is 29.9 Å².